The number of rotatable bonds is 3. The van der Waals surface area contributed by atoms with E-state index in [1.165, 1.54) is 0 Å². The number of aromatic nitrogens is 3. The Kier molecular flexibility index (Phi) is 2.65. The molecule has 0 saturated carbocycles. The molecule has 4 nitrogen and oxygen atoms in total. The van der Waals surface area contributed by atoms with Gasteiger partial charge in [0.1, 0.15) is 0 Å². The summed E-state index contributed by atoms with van der Waals surface area (Å²) < 4.78 is 0. The fourth-order valence-electron chi connectivity index (χ4n) is 1.09. The van der Waals surface area contributed by atoms with Crippen LogP contribution in [0.3, 0.4) is 0 Å². The molecule has 2 heterocycles. The zero-order valence-electron chi connectivity index (χ0n) is 7.37. The molecule has 0 amide bonds. The maximum Gasteiger partial charge on any atom is 0.0820 e. The lowest BCUT2D eigenvalue weighted by molar-refractivity contribution is 0.981. The molecule has 0 fully saturated rings. The summed E-state index contributed by atoms with van der Waals surface area (Å²) in [6.45, 7) is 0.670. The average Bonchev–Trinajstić information content (AvgIpc) is 2.69. The molecule has 0 saturated heterocycles. The van der Waals surface area contributed by atoms with Crippen molar-refractivity contribution in [3.8, 4) is 0 Å². The number of pyridine rings is 1. The summed E-state index contributed by atoms with van der Waals surface area (Å²) >= 11 is 5.91. The molecule has 72 valence electrons. The number of hydrogen-bond donors (Lipinski definition) is 2. The van der Waals surface area contributed by atoms with Gasteiger partial charge in [0.2, 0.25) is 0 Å². The van der Waals surface area contributed by atoms with Gasteiger partial charge in [-0.25, -0.2) is 0 Å². The summed E-state index contributed by atoms with van der Waals surface area (Å²) in [7, 11) is 0. The van der Waals surface area contributed by atoms with Crippen molar-refractivity contribution in [1.29, 1.82) is 0 Å². The Labute approximate surface area is 86.3 Å². The zero-order chi connectivity index (χ0) is 9.80. The summed E-state index contributed by atoms with van der Waals surface area (Å²) in [6, 6.07) is 3.74. The van der Waals surface area contributed by atoms with Crippen molar-refractivity contribution < 1.29 is 0 Å². The van der Waals surface area contributed by atoms with Gasteiger partial charge in [0, 0.05) is 18.6 Å². The van der Waals surface area contributed by atoms with Gasteiger partial charge >= 0.3 is 0 Å². The molecule has 0 aliphatic rings. The molecular formula is C9H9ClN4. The second kappa shape index (κ2) is 4.11. The van der Waals surface area contributed by atoms with Gasteiger partial charge in [0.15, 0.2) is 0 Å². The van der Waals surface area contributed by atoms with E-state index in [0.717, 1.165) is 11.4 Å². The van der Waals surface area contributed by atoms with Crippen LogP contribution in [-0.2, 0) is 6.54 Å². The second-order valence-electron chi connectivity index (χ2n) is 2.79. The Morgan fingerprint density at radius 1 is 1.36 bits per heavy atom. The molecule has 0 aliphatic heterocycles. The van der Waals surface area contributed by atoms with Crippen LogP contribution in [0.1, 0.15) is 5.69 Å². The fraction of sp³-hybridized carbons (Fsp3) is 0.111. The van der Waals surface area contributed by atoms with Crippen molar-refractivity contribution in [3.63, 3.8) is 0 Å². The van der Waals surface area contributed by atoms with Gasteiger partial charge < -0.3 is 5.32 Å². The van der Waals surface area contributed by atoms with Gasteiger partial charge in [-0.15, -0.1) is 0 Å². The molecule has 0 unspecified atom stereocenters. The molecule has 2 aromatic heterocycles. The molecule has 0 bridgehead atoms. The third-order valence-corrected chi connectivity index (χ3v) is 2.10. The van der Waals surface area contributed by atoms with Crippen LogP contribution in [0.2, 0.25) is 5.02 Å². The predicted octanol–water partition coefficient (Wildman–Crippen LogP) is 2.07. The first-order chi connectivity index (χ1) is 6.86. The first-order valence-electron chi connectivity index (χ1n) is 4.18. The van der Waals surface area contributed by atoms with Crippen molar-refractivity contribution in [3.05, 3.63) is 41.4 Å². The summed E-state index contributed by atoms with van der Waals surface area (Å²) in [4.78, 5) is 3.90. The quantitative estimate of drug-likeness (QED) is 0.812. The van der Waals surface area contributed by atoms with Crippen LogP contribution in [0.4, 0.5) is 5.69 Å². The van der Waals surface area contributed by atoms with E-state index in [9.17, 15) is 0 Å². The standard InChI is InChI=1S/C9H9ClN4/c10-8-6-11-3-2-9(8)12-5-7-1-4-13-14-7/h1-4,6H,5H2,(H,11,12)(H,13,14). The number of H-pyrrole nitrogens is 1. The van der Waals surface area contributed by atoms with E-state index in [1.807, 2.05) is 12.1 Å². The summed E-state index contributed by atoms with van der Waals surface area (Å²) in [5, 5.41) is 10.5. The molecule has 14 heavy (non-hydrogen) atoms. The highest BCUT2D eigenvalue weighted by molar-refractivity contribution is 6.33. The number of nitrogens with one attached hydrogen (secondary N) is 2. The van der Waals surface area contributed by atoms with E-state index < -0.39 is 0 Å². The highest BCUT2D eigenvalue weighted by atomic mass is 35.5. The lowest BCUT2D eigenvalue weighted by atomic mass is 10.3. The first-order valence-corrected chi connectivity index (χ1v) is 4.55. The first kappa shape index (κ1) is 9.02. The maximum absolute atomic E-state index is 5.91. The van der Waals surface area contributed by atoms with E-state index in [2.05, 4.69) is 20.5 Å². The summed E-state index contributed by atoms with van der Waals surface area (Å²) in [5.41, 5.74) is 1.88. The Morgan fingerprint density at radius 3 is 3.00 bits per heavy atom. The minimum absolute atomic E-state index is 0.618. The van der Waals surface area contributed by atoms with Crippen molar-refractivity contribution in [2.24, 2.45) is 0 Å². The van der Waals surface area contributed by atoms with Crippen LogP contribution >= 0.6 is 11.6 Å². The zero-order valence-corrected chi connectivity index (χ0v) is 8.12. The maximum atomic E-state index is 5.91. The number of aromatic amines is 1. The average molecular weight is 209 g/mol. The molecule has 0 aliphatic carbocycles. The van der Waals surface area contributed by atoms with Crippen LogP contribution in [-0.4, -0.2) is 15.2 Å². The van der Waals surface area contributed by atoms with Gasteiger partial charge in [-0.1, -0.05) is 11.6 Å². The highest BCUT2D eigenvalue weighted by Gasteiger charge is 1.98. The van der Waals surface area contributed by atoms with E-state index in [0.29, 0.717) is 11.6 Å². The van der Waals surface area contributed by atoms with Gasteiger partial charge in [-0.05, 0) is 12.1 Å². The van der Waals surface area contributed by atoms with Crippen molar-refractivity contribution >= 4 is 17.3 Å². The molecular weight excluding hydrogens is 200 g/mol. The van der Waals surface area contributed by atoms with Crippen LogP contribution in [0.15, 0.2) is 30.7 Å². The van der Waals surface area contributed by atoms with E-state index in [4.69, 9.17) is 11.6 Å². The third-order valence-electron chi connectivity index (χ3n) is 1.80. The third kappa shape index (κ3) is 2.03. The van der Waals surface area contributed by atoms with Crippen LogP contribution in [0.25, 0.3) is 0 Å². The molecule has 2 rings (SSSR count). The number of hydrogen-bond acceptors (Lipinski definition) is 3. The van der Waals surface area contributed by atoms with Crippen LogP contribution in [0, 0.1) is 0 Å². The van der Waals surface area contributed by atoms with Gasteiger partial charge in [0.25, 0.3) is 0 Å². The molecule has 0 aromatic carbocycles. The SMILES string of the molecule is Clc1cnccc1NCc1ccn[nH]1. The Balaban J connectivity index is 2.02. The molecule has 5 heteroatoms. The van der Waals surface area contributed by atoms with Crippen molar-refractivity contribution in [1.82, 2.24) is 15.2 Å². The van der Waals surface area contributed by atoms with Crippen molar-refractivity contribution in [2.75, 3.05) is 5.32 Å². The monoisotopic (exact) mass is 208 g/mol. The highest BCUT2D eigenvalue weighted by Crippen LogP contribution is 2.19. The van der Waals surface area contributed by atoms with Gasteiger partial charge in [0.05, 0.1) is 22.9 Å². The smallest absolute Gasteiger partial charge is 0.0820 e. The normalized spacial score (nSPS) is 10.1. The minimum Gasteiger partial charge on any atom is -0.378 e. The number of halogens is 1. The van der Waals surface area contributed by atoms with Crippen LogP contribution in [0.5, 0.6) is 0 Å². The van der Waals surface area contributed by atoms with Crippen molar-refractivity contribution in [2.45, 2.75) is 6.54 Å². The topological polar surface area (TPSA) is 53.6 Å². The van der Waals surface area contributed by atoms with E-state index in [-0.39, 0.29) is 0 Å². The largest absolute Gasteiger partial charge is 0.378 e. The summed E-state index contributed by atoms with van der Waals surface area (Å²) in [6.07, 6.45) is 5.02. The second-order valence-corrected chi connectivity index (χ2v) is 3.20. The molecule has 2 N–H and O–H groups in total. The molecule has 2 aromatic rings. The number of anilines is 1. The Morgan fingerprint density at radius 2 is 2.29 bits per heavy atom. The van der Waals surface area contributed by atoms with Gasteiger partial charge in [-0.3, -0.25) is 10.1 Å². The predicted molar refractivity (Wildman–Crippen MR) is 55.2 cm³/mol. The van der Waals surface area contributed by atoms with E-state index in [1.54, 1.807) is 18.6 Å². The lowest BCUT2D eigenvalue weighted by Gasteiger charge is -2.05. The minimum atomic E-state index is 0.618. The van der Waals surface area contributed by atoms with E-state index >= 15 is 0 Å². The lowest BCUT2D eigenvalue weighted by Crippen LogP contribution is -2.00. The molecule has 0 radical (unpaired) electrons. The Hall–Kier alpha value is -1.55. The van der Waals surface area contributed by atoms with Gasteiger partial charge in [-0.2, -0.15) is 5.10 Å². The van der Waals surface area contributed by atoms with Crippen LogP contribution < -0.4 is 5.32 Å². The Bertz CT molecular complexity index is 399. The molecule has 0 spiro atoms. The fourth-order valence-corrected chi connectivity index (χ4v) is 1.28. The summed E-state index contributed by atoms with van der Waals surface area (Å²) in [5.74, 6) is 0. The number of nitrogens with zero attached hydrogens (tertiary/aromatic N) is 2. The molecule has 0 atom stereocenters.